The number of benzene rings is 2. The molecule has 0 bridgehead atoms. The summed E-state index contributed by atoms with van der Waals surface area (Å²) in [7, 11) is -3.81. The standard InChI is InChI=1S/C18H14Cl2N2O2S/c19-15-3-6-17(20)18(12-15)25(23,24)22-16-4-1-13(2-5-16)11-14-7-9-21-10-8-14/h1-10,12,22H,11H2. The summed E-state index contributed by atoms with van der Waals surface area (Å²) in [5.41, 5.74) is 2.65. The Morgan fingerprint density at radius 1 is 0.880 bits per heavy atom. The molecule has 3 aromatic rings. The van der Waals surface area contributed by atoms with Gasteiger partial charge < -0.3 is 0 Å². The second-order valence-electron chi connectivity index (χ2n) is 5.41. The van der Waals surface area contributed by atoms with Crippen molar-refractivity contribution in [2.75, 3.05) is 4.72 Å². The number of hydrogen-bond donors (Lipinski definition) is 1. The lowest BCUT2D eigenvalue weighted by atomic mass is 10.1. The van der Waals surface area contributed by atoms with Gasteiger partial charge in [0.05, 0.1) is 5.02 Å². The van der Waals surface area contributed by atoms with Crippen molar-refractivity contribution in [3.63, 3.8) is 0 Å². The minimum Gasteiger partial charge on any atom is -0.280 e. The number of nitrogens with zero attached hydrogens (tertiary/aromatic N) is 1. The number of nitrogens with one attached hydrogen (secondary N) is 1. The molecule has 0 radical (unpaired) electrons. The molecule has 0 saturated carbocycles. The lowest BCUT2D eigenvalue weighted by Crippen LogP contribution is -2.13. The van der Waals surface area contributed by atoms with Crippen LogP contribution < -0.4 is 4.72 Å². The molecule has 0 unspecified atom stereocenters. The van der Waals surface area contributed by atoms with E-state index in [0.29, 0.717) is 10.7 Å². The molecule has 1 aromatic heterocycles. The maximum atomic E-state index is 12.5. The number of sulfonamides is 1. The van der Waals surface area contributed by atoms with Crippen molar-refractivity contribution in [3.05, 3.63) is 88.2 Å². The predicted octanol–water partition coefficient (Wildman–Crippen LogP) is 4.78. The molecule has 0 spiro atoms. The quantitative estimate of drug-likeness (QED) is 0.679. The van der Waals surface area contributed by atoms with E-state index in [1.54, 1.807) is 24.5 Å². The second kappa shape index (κ2) is 7.44. The largest absolute Gasteiger partial charge is 0.280 e. The summed E-state index contributed by atoms with van der Waals surface area (Å²) in [4.78, 5) is 3.93. The molecule has 0 aliphatic rings. The summed E-state index contributed by atoms with van der Waals surface area (Å²) in [6.07, 6.45) is 4.23. The number of rotatable bonds is 5. The van der Waals surface area contributed by atoms with Crippen LogP contribution in [-0.4, -0.2) is 13.4 Å². The first kappa shape index (κ1) is 17.7. The maximum Gasteiger partial charge on any atom is 0.263 e. The van der Waals surface area contributed by atoms with Crippen molar-refractivity contribution in [2.24, 2.45) is 0 Å². The molecule has 4 nitrogen and oxygen atoms in total. The van der Waals surface area contributed by atoms with Gasteiger partial charge in [0.25, 0.3) is 10.0 Å². The van der Waals surface area contributed by atoms with Gasteiger partial charge in [-0.2, -0.15) is 0 Å². The second-order valence-corrected chi connectivity index (χ2v) is 7.90. The molecule has 128 valence electrons. The third kappa shape index (κ3) is 4.51. The fourth-order valence-electron chi connectivity index (χ4n) is 2.32. The Hall–Kier alpha value is -2.08. The number of pyridine rings is 1. The van der Waals surface area contributed by atoms with E-state index in [-0.39, 0.29) is 9.92 Å². The highest BCUT2D eigenvalue weighted by Gasteiger charge is 2.18. The number of halogens is 2. The third-order valence-electron chi connectivity index (χ3n) is 3.55. The number of aromatic nitrogens is 1. The number of anilines is 1. The van der Waals surface area contributed by atoms with E-state index in [9.17, 15) is 8.42 Å². The van der Waals surface area contributed by atoms with Crippen LogP contribution in [0.3, 0.4) is 0 Å². The highest BCUT2D eigenvalue weighted by molar-refractivity contribution is 7.92. The van der Waals surface area contributed by atoms with Crippen LogP contribution in [0.4, 0.5) is 5.69 Å². The average Bonchev–Trinajstić information content (AvgIpc) is 2.59. The van der Waals surface area contributed by atoms with E-state index < -0.39 is 10.0 Å². The van der Waals surface area contributed by atoms with Gasteiger partial charge in [-0.25, -0.2) is 8.42 Å². The maximum absolute atomic E-state index is 12.5. The molecule has 0 aliphatic heterocycles. The Labute approximate surface area is 156 Å². The van der Waals surface area contributed by atoms with Crippen molar-refractivity contribution in [1.29, 1.82) is 0 Å². The van der Waals surface area contributed by atoms with E-state index in [0.717, 1.165) is 17.5 Å². The van der Waals surface area contributed by atoms with Crippen molar-refractivity contribution in [1.82, 2.24) is 4.98 Å². The van der Waals surface area contributed by atoms with Crippen LogP contribution in [0, 0.1) is 0 Å². The SMILES string of the molecule is O=S(=O)(Nc1ccc(Cc2ccncc2)cc1)c1cc(Cl)ccc1Cl. The summed E-state index contributed by atoms with van der Waals surface area (Å²) in [5.74, 6) is 0. The topological polar surface area (TPSA) is 59.1 Å². The van der Waals surface area contributed by atoms with Gasteiger partial charge in [-0.05, 0) is 60.0 Å². The van der Waals surface area contributed by atoms with Crippen LogP contribution in [0.1, 0.15) is 11.1 Å². The zero-order valence-corrected chi connectivity index (χ0v) is 15.3. The monoisotopic (exact) mass is 392 g/mol. The van der Waals surface area contributed by atoms with E-state index in [4.69, 9.17) is 23.2 Å². The molecule has 0 aliphatic carbocycles. The van der Waals surface area contributed by atoms with Crippen molar-refractivity contribution < 1.29 is 8.42 Å². The fraction of sp³-hybridized carbons (Fsp3) is 0.0556. The van der Waals surface area contributed by atoms with Gasteiger partial charge >= 0.3 is 0 Å². The Kier molecular flexibility index (Phi) is 5.27. The van der Waals surface area contributed by atoms with Gasteiger partial charge in [-0.1, -0.05) is 35.3 Å². The molecule has 3 rings (SSSR count). The van der Waals surface area contributed by atoms with Gasteiger partial charge in [-0.3, -0.25) is 9.71 Å². The van der Waals surface area contributed by atoms with Crippen LogP contribution in [-0.2, 0) is 16.4 Å². The molecule has 25 heavy (non-hydrogen) atoms. The molecule has 1 heterocycles. The van der Waals surface area contributed by atoms with E-state index in [1.165, 1.54) is 18.2 Å². The van der Waals surface area contributed by atoms with Gasteiger partial charge in [0.1, 0.15) is 4.90 Å². The van der Waals surface area contributed by atoms with E-state index in [2.05, 4.69) is 9.71 Å². The molecule has 2 aromatic carbocycles. The molecule has 0 atom stereocenters. The van der Waals surface area contributed by atoms with Crippen molar-refractivity contribution >= 4 is 38.9 Å². The Balaban J connectivity index is 1.78. The van der Waals surface area contributed by atoms with Gasteiger partial charge in [0.2, 0.25) is 0 Å². The molecule has 0 fully saturated rings. The zero-order chi connectivity index (χ0) is 17.9. The van der Waals surface area contributed by atoms with E-state index >= 15 is 0 Å². The van der Waals surface area contributed by atoms with Crippen LogP contribution in [0.15, 0.2) is 71.9 Å². The average molecular weight is 393 g/mol. The molecular weight excluding hydrogens is 379 g/mol. The first-order valence-electron chi connectivity index (χ1n) is 7.40. The van der Waals surface area contributed by atoms with Gasteiger partial charge in [0, 0.05) is 23.1 Å². The van der Waals surface area contributed by atoms with Gasteiger partial charge in [-0.15, -0.1) is 0 Å². The predicted molar refractivity (Wildman–Crippen MR) is 101 cm³/mol. The molecular formula is C18H14Cl2N2O2S. The van der Waals surface area contributed by atoms with Crippen LogP contribution in [0.5, 0.6) is 0 Å². The minimum absolute atomic E-state index is 0.0532. The number of hydrogen-bond acceptors (Lipinski definition) is 3. The summed E-state index contributed by atoms with van der Waals surface area (Å²) >= 11 is 11.8. The summed E-state index contributed by atoms with van der Waals surface area (Å²) in [6.45, 7) is 0. The fourth-order valence-corrected chi connectivity index (χ4v) is 4.14. The molecule has 7 heteroatoms. The highest BCUT2D eigenvalue weighted by atomic mass is 35.5. The molecule has 0 saturated heterocycles. The minimum atomic E-state index is -3.81. The van der Waals surface area contributed by atoms with Gasteiger partial charge in [0.15, 0.2) is 0 Å². The van der Waals surface area contributed by atoms with Crippen LogP contribution in [0.25, 0.3) is 0 Å². The Morgan fingerprint density at radius 3 is 2.20 bits per heavy atom. The highest BCUT2D eigenvalue weighted by Crippen LogP contribution is 2.27. The zero-order valence-electron chi connectivity index (χ0n) is 13.0. The van der Waals surface area contributed by atoms with E-state index in [1.807, 2.05) is 24.3 Å². The first-order chi connectivity index (χ1) is 11.9. The Morgan fingerprint density at radius 2 is 1.52 bits per heavy atom. The first-order valence-corrected chi connectivity index (χ1v) is 9.64. The van der Waals surface area contributed by atoms with Crippen LogP contribution >= 0.6 is 23.2 Å². The summed E-state index contributed by atoms with van der Waals surface area (Å²) < 4.78 is 27.5. The lowest BCUT2D eigenvalue weighted by molar-refractivity contribution is 0.601. The molecule has 0 amide bonds. The normalized spacial score (nSPS) is 11.3. The Bertz CT molecular complexity index is 976. The summed E-state index contributed by atoms with van der Waals surface area (Å²) in [5, 5.41) is 0.420. The van der Waals surface area contributed by atoms with Crippen molar-refractivity contribution in [3.8, 4) is 0 Å². The summed E-state index contributed by atoms with van der Waals surface area (Å²) in [6, 6.07) is 15.4. The smallest absolute Gasteiger partial charge is 0.263 e. The van der Waals surface area contributed by atoms with Crippen molar-refractivity contribution in [2.45, 2.75) is 11.3 Å². The van der Waals surface area contributed by atoms with Crippen LogP contribution in [0.2, 0.25) is 10.0 Å². The lowest BCUT2D eigenvalue weighted by Gasteiger charge is -2.10. The third-order valence-corrected chi connectivity index (χ3v) is 5.64. The molecule has 1 N–H and O–H groups in total.